The van der Waals surface area contributed by atoms with Crippen molar-refractivity contribution in [3.63, 3.8) is 0 Å². The fraction of sp³-hybridized carbons (Fsp3) is 0.133. The summed E-state index contributed by atoms with van der Waals surface area (Å²) >= 11 is 0. The van der Waals surface area contributed by atoms with Crippen LogP contribution in [-0.4, -0.2) is 21.8 Å². The van der Waals surface area contributed by atoms with E-state index in [9.17, 15) is 4.39 Å². The molecule has 1 aromatic heterocycles. The maximum atomic E-state index is 13.7. The van der Waals surface area contributed by atoms with Crippen molar-refractivity contribution in [1.29, 1.82) is 0 Å². The van der Waals surface area contributed by atoms with Gasteiger partial charge < -0.3 is 4.74 Å². The van der Waals surface area contributed by atoms with Crippen LogP contribution in [-0.2, 0) is 0 Å². The Balaban J connectivity index is 2.12. The van der Waals surface area contributed by atoms with Gasteiger partial charge in [-0.1, -0.05) is 30.3 Å². The fourth-order valence-corrected chi connectivity index (χ4v) is 1.92. The summed E-state index contributed by atoms with van der Waals surface area (Å²) in [5, 5.41) is 8.04. The van der Waals surface area contributed by atoms with Gasteiger partial charge in [-0.3, -0.25) is 0 Å². The molecule has 0 bridgehead atoms. The standard InChI is InChI=1S/C15H12FN3O/c1-2-20-14-9-12-13(8-11(14)16)18-19-15(17-12)10-6-4-3-5-7-10/h3-9H,2H2,1H3. The summed E-state index contributed by atoms with van der Waals surface area (Å²) in [5.74, 6) is 0.231. The Bertz CT molecular complexity index is 747. The van der Waals surface area contributed by atoms with Crippen LogP contribution < -0.4 is 4.74 Å². The maximum absolute atomic E-state index is 13.7. The van der Waals surface area contributed by atoms with E-state index in [2.05, 4.69) is 15.2 Å². The van der Waals surface area contributed by atoms with E-state index in [0.29, 0.717) is 23.5 Å². The quantitative estimate of drug-likeness (QED) is 0.732. The largest absolute Gasteiger partial charge is 0.491 e. The van der Waals surface area contributed by atoms with E-state index >= 15 is 0 Å². The van der Waals surface area contributed by atoms with E-state index in [1.165, 1.54) is 6.07 Å². The van der Waals surface area contributed by atoms with E-state index in [1.807, 2.05) is 30.3 Å². The minimum atomic E-state index is -0.456. The lowest BCUT2D eigenvalue weighted by atomic mass is 10.2. The molecular formula is C15H12FN3O. The summed E-state index contributed by atoms with van der Waals surface area (Å²) in [7, 11) is 0. The molecule has 0 unspecified atom stereocenters. The molecule has 100 valence electrons. The molecule has 20 heavy (non-hydrogen) atoms. The smallest absolute Gasteiger partial charge is 0.182 e. The van der Waals surface area contributed by atoms with E-state index < -0.39 is 5.82 Å². The topological polar surface area (TPSA) is 47.9 Å². The molecule has 0 radical (unpaired) electrons. The number of hydrogen-bond donors (Lipinski definition) is 0. The van der Waals surface area contributed by atoms with Crippen LogP contribution in [0.4, 0.5) is 4.39 Å². The molecule has 1 heterocycles. The van der Waals surface area contributed by atoms with Gasteiger partial charge in [0.1, 0.15) is 5.52 Å². The second-order valence-corrected chi connectivity index (χ2v) is 4.21. The second kappa shape index (κ2) is 5.21. The summed E-state index contributed by atoms with van der Waals surface area (Å²) in [4.78, 5) is 4.41. The van der Waals surface area contributed by atoms with Crippen molar-refractivity contribution in [2.75, 3.05) is 6.61 Å². The third kappa shape index (κ3) is 2.30. The molecule has 0 amide bonds. The van der Waals surface area contributed by atoms with Crippen LogP contribution in [0.3, 0.4) is 0 Å². The minimum absolute atomic E-state index is 0.180. The van der Waals surface area contributed by atoms with Crippen LogP contribution in [0, 0.1) is 5.82 Å². The van der Waals surface area contributed by atoms with Crippen molar-refractivity contribution in [2.24, 2.45) is 0 Å². The molecule has 5 heteroatoms. The Kier molecular flexibility index (Phi) is 3.25. The number of benzene rings is 2. The Hall–Kier alpha value is -2.56. The monoisotopic (exact) mass is 269 g/mol. The molecular weight excluding hydrogens is 257 g/mol. The van der Waals surface area contributed by atoms with E-state index in [1.54, 1.807) is 13.0 Å². The number of nitrogens with zero attached hydrogens (tertiary/aromatic N) is 3. The molecule has 0 aliphatic heterocycles. The normalized spacial score (nSPS) is 10.7. The van der Waals surface area contributed by atoms with Gasteiger partial charge in [0.05, 0.1) is 12.1 Å². The third-order valence-electron chi connectivity index (χ3n) is 2.84. The highest BCUT2D eigenvalue weighted by atomic mass is 19.1. The summed E-state index contributed by atoms with van der Waals surface area (Å²) in [6.07, 6.45) is 0. The predicted molar refractivity (Wildman–Crippen MR) is 73.9 cm³/mol. The first kappa shape index (κ1) is 12.5. The van der Waals surface area contributed by atoms with Gasteiger partial charge in [0, 0.05) is 17.7 Å². The molecule has 0 saturated carbocycles. The minimum Gasteiger partial charge on any atom is -0.491 e. The van der Waals surface area contributed by atoms with E-state index in [-0.39, 0.29) is 5.75 Å². The van der Waals surface area contributed by atoms with Crippen LogP contribution in [0.5, 0.6) is 5.75 Å². The molecule has 3 rings (SSSR count). The van der Waals surface area contributed by atoms with Crippen molar-refractivity contribution in [1.82, 2.24) is 15.2 Å². The van der Waals surface area contributed by atoms with Gasteiger partial charge in [0.15, 0.2) is 17.4 Å². The molecule has 0 spiro atoms. The number of hydrogen-bond acceptors (Lipinski definition) is 4. The lowest BCUT2D eigenvalue weighted by Crippen LogP contribution is -1.98. The highest BCUT2D eigenvalue weighted by Crippen LogP contribution is 2.24. The summed E-state index contributed by atoms with van der Waals surface area (Å²) in [6, 6.07) is 12.4. The van der Waals surface area contributed by atoms with Crippen LogP contribution >= 0.6 is 0 Å². The number of fused-ring (bicyclic) bond motifs is 1. The highest BCUT2D eigenvalue weighted by Gasteiger charge is 2.10. The zero-order chi connectivity index (χ0) is 13.9. The second-order valence-electron chi connectivity index (χ2n) is 4.21. The zero-order valence-corrected chi connectivity index (χ0v) is 10.9. The third-order valence-corrected chi connectivity index (χ3v) is 2.84. The van der Waals surface area contributed by atoms with Crippen molar-refractivity contribution in [3.05, 3.63) is 48.3 Å². The van der Waals surface area contributed by atoms with Crippen LogP contribution in [0.1, 0.15) is 6.92 Å². The van der Waals surface area contributed by atoms with Crippen molar-refractivity contribution < 1.29 is 9.13 Å². The highest BCUT2D eigenvalue weighted by molar-refractivity contribution is 5.77. The molecule has 0 aliphatic rings. The number of ether oxygens (including phenoxy) is 1. The van der Waals surface area contributed by atoms with Gasteiger partial charge in [0.25, 0.3) is 0 Å². The van der Waals surface area contributed by atoms with Gasteiger partial charge in [-0.15, -0.1) is 10.2 Å². The molecule has 0 fully saturated rings. The Labute approximate surface area is 115 Å². The van der Waals surface area contributed by atoms with Crippen LogP contribution in [0.2, 0.25) is 0 Å². The van der Waals surface area contributed by atoms with Gasteiger partial charge in [-0.05, 0) is 6.92 Å². The predicted octanol–water partition coefficient (Wildman–Crippen LogP) is 3.23. The van der Waals surface area contributed by atoms with Gasteiger partial charge in [-0.25, -0.2) is 9.37 Å². The fourth-order valence-electron chi connectivity index (χ4n) is 1.92. The lowest BCUT2D eigenvalue weighted by molar-refractivity contribution is 0.322. The first-order valence-corrected chi connectivity index (χ1v) is 6.30. The molecule has 0 saturated heterocycles. The zero-order valence-electron chi connectivity index (χ0n) is 10.9. The molecule has 2 aromatic carbocycles. The molecule has 0 atom stereocenters. The van der Waals surface area contributed by atoms with Crippen LogP contribution in [0.15, 0.2) is 42.5 Å². The SMILES string of the molecule is CCOc1cc2nc(-c3ccccc3)nnc2cc1F. The van der Waals surface area contributed by atoms with Gasteiger partial charge >= 0.3 is 0 Å². The Morgan fingerprint density at radius 1 is 1.05 bits per heavy atom. The summed E-state index contributed by atoms with van der Waals surface area (Å²) in [5.41, 5.74) is 1.83. The number of aromatic nitrogens is 3. The Morgan fingerprint density at radius 2 is 1.85 bits per heavy atom. The van der Waals surface area contributed by atoms with E-state index in [0.717, 1.165) is 5.56 Å². The lowest BCUT2D eigenvalue weighted by Gasteiger charge is -2.06. The van der Waals surface area contributed by atoms with Gasteiger partial charge in [0.2, 0.25) is 0 Å². The number of halogens is 1. The first-order chi connectivity index (χ1) is 9.78. The van der Waals surface area contributed by atoms with Crippen molar-refractivity contribution in [3.8, 4) is 17.1 Å². The average Bonchev–Trinajstić information content (AvgIpc) is 2.49. The Morgan fingerprint density at radius 3 is 2.60 bits per heavy atom. The number of rotatable bonds is 3. The van der Waals surface area contributed by atoms with Gasteiger partial charge in [-0.2, -0.15) is 0 Å². The first-order valence-electron chi connectivity index (χ1n) is 6.30. The van der Waals surface area contributed by atoms with Crippen molar-refractivity contribution >= 4 is 11.0 Å². The van der Waals surface area contributed by atoms with Crippen LogP contribution in [0.25, 0.3) is 22.4 Å². The summed E-state index contributed by atoms with van der Waals surface area (Å²) < 4.78 is 18.9. The summed E-state index contributed by atoms with van der Waals surface area (Å²) in [6.45, 7) is 2.20. The molecule has 4 nitrogen and oxygen atoms in total. The molecule has 3 aromatic rings. The van der Waals surface area contributed by atoms with Crippen molar-refractivity contribution in [2.45, 2.75) is 6.92 Å². The molecule has 0 N–H and O–H groups in total. The average molecular weight is 269 g/mol. The molecule has 0 aliphatic carbocycles. The maximum Gasteiger partial charge on any atom is 0.182 e. The van der Waals surface area contributed by atoms with E-state index in [4.69, 9.17) is 4.74 Å².